The summed E-state index contributed by atoms with van der Waals surface area (Å²) in [5.74, 6) is 6.38. The predicted octanol–water partition coefficient (Wildman–Crippen LogP) is 3.14. The van der Waals surface area contributed by atoms with Crippen molar-refractivity contribution in [3.63, 3.8) is 0 Å². The maximum absolute atomic E-state index is 6.15. The van der Waals surface area contributed by atoms with Gasteiger partial charge in [0, 0.05) is 11.2 Å². The lowest BCUT2D eigenvalue weighted by Crippen LogP contribution is -2.30. The molecule has 1 heterocycles. The van der Waals surface area contributed by atoms with Crippen molar-refractivity contribution in [1.82, 2.24) is 10.4 Å². The van der Waals surface area contributed by atoms with Crippen molar-refractivity contribution in [3.05, 3.63) is 57.8 Å². The fraction of sp³-hybridized carbons (Fsp3) is 0.214. The van der Waals surface area contributed by atoms with E-state index in [-0.39, 0.29) is 6.04 Å². The summed E-state index contributed by atoms with van der Waals surface area (Å²) in [7, 11) is 1.62. The van der Waals surface area contributed by atoms with Crippen molar-refractivity contribution >= 4 is 23.2 Å². The van der Waals surface area contributed by atoms with Crippen molar-refractivity contribution in [2.45, 2.75) is 12.5 Å². The molecule has 6 heteroatoms. The number of aromatic nitrogens is 1. The number of pyridine rings is 1. The first-order valence-electron chi connectivity index (χ1n) is 6.04. The summed E-state index contributed by atoms with van der Waals surface area (Å²) in [6.45, 7) is 0. The van der Waals surface area contributed by atoms with Crippen molar-refractivity contribution < 1.29 is 4.74 Å². The van der Waals surface area contributed by atoms with E-state index >= 15 is 0 Å². The molecule has 1 aromatic carbocycles. The molecule has 0 saturated heterocycles. The number of hydrogen-bond donors (Lipinski definition) is 2. The maximum Gasteiger partial charge on any atom is 0.122 e. The molecule has 0 fully saturated rings. The van der Waals surface area contributed by atoms with Gasteiger partial charge >= 0.3 is 0 Å². The molecule has 0 saturated carbocycles. The summed E-state index contributed by atoms with van der Waals surface area (Å²) >= 11 is 12.2. The fourth-order valence-corrected chi connectivity index (χ4v) is 2.46. The lowest BCUT2D eigenvalue weighted by atomic mass is 10.0. The van der Waals surface area contributed by atoms with Gasteiger partial charge in [-0.25, -0.2) is 0 Å². The second kappa shape index (κ2) is 6.90. The molecular weight excluding hydrogens is 297 g/mol. The highest BCUT2D eigenvalue weighted by Gasteiger charge is 2.17. The molecule has 0 bridgehead atoms. The molecule has 3 N–H and O–H groups in total. The van der Waals surface area contributed by atoms with Crippen LogP contribution < -0.4 is 16.0 Å². The highest BCUT2D eigenvalue weighted by Crippen LogP contribution is 2.29. The molecule has 4 nitrogen and oxygen atoms in total. The van der Waals surface area contributed by atoms with Gasteiger partial charge < -0.3 is 4.74 Å². The average Bonchev–Trinajstić information content (AvgIpc) is 2.46. The van der Waals surface area contributed by atoms with Crippen LogP contribution in [0.15, 0.2) is 36.5 Å². The van der Waals surface area contributed by atoms with E-state index in [0.29, 0.717) is 22.2 Å². The van der Waals surface area contributed by atoms with Crippen LogP contribution in [0.5, 0.6) is 5.75 Å². The number of nitrogens with one attached hydrogen (secondary N) is 1. The summed E-state index contributed by atoms with van der Waals surface area (Å²) in [5.41, 5.74) is 4.36. The van der Waals surface area contributed by atoms with Crippen LogP contribution in [0, 0.1) is 0 Å². The van der Waals surface area contributed by atoms with E-state index in [1.54, 1.807) is 31.5 Å². The van der Waals surface area contributed by atoms with Crippen molar-refractivity contribution in [3.8, 4) is 5.75 Å². The molecule has 0 spiro atoms. The van der Waals surface area contributed by atoms with E-state index < -0.39 is 0 Å². The zero-order valence-electron chi connectivity index (χ0n) is 10.9. The van der Waals surface area contributed by atoms with Crippen molar-refractivity contribution in [1.29, 1.82) is 0 Å². The third-order valence-electron chi connectivity index (χ3n) is 2.98. The minimum Gasteiger partial charge on any atom is -0.496 e. The third-order valence-corrected chi connectivity index (χ3v) is 3.54. The number of nitrogens with two attached hydrogens (primary N) is 1. The number of nitrogens with zero attached hydrogens (tertiary/aromatic N) is 1. The molecule has 106 valence electrons. The lowest BCUT2D eigenvalue weighted by molar-refractivity contribution is 0.405. The number of methoxy groups -OCH3 is 1. The average molecular weight is 312 g/mol. The molecule has 20 heavy (non-hydrogen) atoms. The molecule has 0 aliphatic carbocycles. The van der Waals surface area contributed by atoms with Crippen LogP contribution in [-0.2, 0) is 6.42 Å². The van der Waals surface area contributed by atoms with Crippen LogP contribution in [0.25, 0.3) is 0 Å². The van der Waals surface area contributed by atoms with Gasteiger partial charge in [0.2, 0.25) is 0 Å². The molecular formula is C14H15Cl2N3O. The fourth-order valence-electron chi connectivity index (χ4n) is 2.02. The zero-order valence-corrected chi connectivity index (χ0v) is 12.4. The first-order valence-corrected chi connectivity index (χ1v) is 6.80. The smallest absolute Gasteiger partial charge is 0.122 e. The highest BCUT2D eigenvalue weighted by atomic mass is 35.5. The molecule has 0 amide bonds. The first kappa shape index (κ1) is 15.1. The van der Waals surface area contributed by atoms with Crippen LogP contribution in [-0.4, -0.2) is 12.1 Å². The molecule has 1 unspecified atom stereocenters. The first-order chi connectivity index (χ1) is 9.65. The van der Waals surface area contributed by atoms with Gasteiger partial charge in [0.1, 0.15) is 5.75 Å². The zero-order chi connectivity index (χ0) is 14.5. The Morgan fingerprint density at radius 1 is 1.35 bits per heavy atom. The molecule has 1 aromatic heterocycles. The Hall–Kier alpha value is -1.33. The van der Waals surface area contributed by atoms with E-state index in [1.165, 1.54) is 0 Å². The molecule has 2 rings (SSSR count). The Kier molecular flexibility index (Phi) is 5.20. The number of benzene rings is 1. The van der Waals surface area contributed by atoms with Crippen LogP contribution in [0.1, 0.15) is 17.3 Å². The molecule has 0 aliphatic rings. The van der Waals surface area contributed by atoms with Gasteiger partial charge in [-0.2, -0.15) is 0 Å². The second-order valence-corrected chi connectivity index (χ2v) is 5.09. The number of ether oxygens (including phenoxy) is 1. The minimum atomic E-state index is -0.226. The Morgan fingerprint density at radius 2 is 2.15 bits per heavy atom. The maximum atomic E-state index is 6.15. The van der Waals surface area contributed by atoms with E-state index in [2.05, 4.69) is 10.4 Å². The number of hydrazine groups is 1. The summed E-state index contributed by atoms with van der Waals surface area (Å²) in [6, 6.07) is 8.79. The quantitative estimate of drug-likeness (QED) is 0.658. The van der Waals surface area contributed by atoms with Gasteiger partial charge in [-0.1, -0.05) is 23.2 Å². The van der Waals surface area contributed by atoms with Crippen LogP contribution in [0.4, 0.5) is 0 Å². The molecule has 2 aromatic rings. The van der Waals surface area contributed by atoms with Gasteiger partial charge in [-0.3, -0.25) is 16.3 Å². The summed E-state index contributed by atoms with van der Waals surface area (Å²) in [6.07, 6.45) is 2.25. The predicted molar refractivity (Wildman–Crippen MR) is 81.0 cm³/mol. The SMILES string of the molecule is COc1ccc(Cl)cc1CC(NN)c1ncccc1Cl. The van der Waals surface area contributed by atoms with E-state index in [1.807, 2.05) is 12.1 Å². The van der Waals surface area contributed by atoms with Crippen LogP contribution in [0.2, 0.25) is 10.0 Å². The van der Waals surface area contributed by atoms with Crippen LogP contribution in [0.3, 0.4) is 0 Å². The monoisotopic (exact) mass is 311 g/mol. The Bertz CT molecular complexity index is 592. The normalized spacial score (nSPS) is 12.2. The van der Waals surface area contributed by atoms with Gasteiger partial charge in [-0.05, 0) is 42.3 Å². The Balaban J connectivity index is 2.31. The number of rotatable bonds is 5. The van der Waals surface area contributed by atoms with E-state index in [0.717, 1.165) is 11.3 Å². The lowest BCUT2D eigenvalue weighted by Gasteiger charge is -2.18. The van der Waals surface area contributed by atoms with Crippen molar-refractivity contribution in [2.24, 2.45) is 5.84 Å². The topological polar surface area (TPSA) is 60.2 Å². The second-order valence-electron chi connectivity index (χ2n) is 4.25. The van der Waals surface area contributed by atoms with Gasteiger partial charge in [-0.15, -0.1) is 0 Å². The van der Waals surface area contributed by atoms with E-state index in [4.69, 9.17) is 33.8 Å². The van der Waals surface area contributed by atoms with Gasteiger partial charge in [0.25, 0.3) is 0 Å². The third kappa shape index (κ3) is 3.41. The van der Waals surface area contributed by atoms with Gasteiger partial charge in [0.15, 0.2) is 0 Å². The summed E-state index contributed by atoms with van der Waals surface area (Å²) in [5, 5.41) is 1.21. The minimum absolute atomic E-state index is 0.226. The standard InChI is InChI=1S/C14H15Cl2N3O/c1-20-13-5-4-10(15)7-9(13)8-12(19-17)14-11(16)3-2-6-18-14/h2-7,12,19H,8,17H2,1H3. The van der Waals surface area contributed by atoms with E-state index in [9.17, 15) is 0 Å². The molecule has 0 radical (unpaired) electrons. The van der Waals surface area contributed by atoms with Crippen molar-refractivity contribution in [2.75, 3.05) is 7.11 Å². The van der Waals surface area contributed by atoms with Gasteiger partial charge in [0.05, 0.1) is 23.9 Å². The largest absolute Gasteiger partial charge is 0.496 e. The molecule has 0 aliphatic heterocycles. The molecule has 1 atom stereocenters. The number of halogens is 2. The number of hydrogen-bond acceptors (Lipinski definition) is 4. The summed E-state index contributed by atoms with van der Waals surface area (Å²) in [4.78, 5) is 4.28. The summed E-state index contributed by atoms with van der Waals surface area (Å²) < 4.78 is 5.33. The highest BCUT2D eigenvalue weighted by molar-refractivity contribution is 6.31. The Labute approximate surface area is 127 Å². The Morgan fingerprint density at radius 3 is 2.80 bits per heavy atom. The van der Waals surface area contributed by atoms with Crippen LogP contribution >= 0.6 is 23.2 Å².